The number of esters is 1. The number of carbonyl (C=O) groups is 2. The molecule has 3 aromatic rings. The van der Waals surface area contributed by atoms with Gasteiger partial charge >= 0.3 is 11.7 Å². The van der Waals surface area contributed by atoms with Gasteiger partial charge in [-0.25, -0.2) is 14.2 Å². The number of alkyl halides is 1. The van der Waals surface area contributed by atoms with Crippen LogP contribution in [0.15, 0.2) is 58.1 Å². The fourth-order valence-electron chi connectivity index (χ4n) is 3.67. The summed E-state index contributed by atoms with van der Waals surface area (Å²) < 4.78 is 7.73. The number of ether oxygens (including phenoxy) is 1. The molecule has 3 rings (SSSR count). The van der Waals surface area contributed by atoms with Crippen LogP contribution in [0.5, 0.6) is 0 Å². The molecule has 0 N–H and O–H groups in total. The Morgan fingerprint density at radius 1 is 1.03 bits per heavy atom. The van der Waals surface area contributed by atoms with Crippen molar-refractivity contribution in [3.8, 4) is 0 Å². The fraction of sp³-hybridized carbons (Fsp3) is 0.360. The van der Waals surface area contributed by atoms with Crippen molar-refractivity contribution in [3.05, 3.63) is 80.5 Å². The number of hydrogen-bond donors (Lipinski definition) is 0. The number of carbonyl (C=O) groups excluding carboxylic acids is 2. The highest BCUT2D eigenvalue weighted by Crippen LogP contribution is 2.18. The molecule has 0 unspecified atom stereocenters. The zero-order chi connectivity index (χ0) is 24.2. The summed E-state index contributed by atoms with van der Waals surface area (Å²) in [7, 11) is 0. The molecule has 0 amide bonds. The molecule has 0 spiro atoms. The maximum Gasteiger partial charge on any atom is 0.332 e. The van der Waals surface area contributed by atoms with E-state index in [4.69, 9.17) is 4.74 Å². The number of nitrogens with zero attached hydrogens (tertiary/aromatic N) is 2. The molecule has 0 bridgehead atoms. The lowest BCUT2D eigenvalue weighted by atomic mass is 10.0. The third kappa shape index (κ3) is 5.16. The highest BCUT2D eigenvalue weighted by atomic mass is 79.9. The molecule has 0 aliphatic heterocycles. The van der Waals surface area contributed by atoms with Crippen molar-refractivity contribution in [1.29, 1.82) is 0 Å². The maximum absolute atomic E-state index is 13.4. The summed E-state index contributed by atoms with van der Waals surface area (Å²) in [6, 6.07) is 13.8. The molecule has 0 aliphatic rings. The second-order valence-corrected chi connectivity index (χ2v) is 9.21. The zero-order valence-corrected chi connectivity index (χ0v) is 20.6. The van der Waals surface area contributed by atoms with Gasteiger partial charge in [0.2, 0.25) is 0 Å². The summed E-state index contributed by atoms with van der Waals surface area (Å²) in [5, 5.41) is 1.15. The van der Waals surface area contributed by atoms with Crippen molar-refractivity contribution in [2.24, 2.45) is 0 Å². The maximum atomic E-state index is 13.4. The standard InChI is InChI=1S/C25H27BrN2O5/c1-17-11-12-20-19(15-17)22(30)28(24(32)27(20)14-8-7-13-26)25(2,3)23(31)33-16-21(29)18-9-5-4-6-10-18/h4-6,9-12,15H,7-8,13-14,16H2,1-3H3. The predicted octanol–water partition coefficient (Wildman–Crippen LogP) is 3.81. The van der Waals surface area contributed by atoms with Gasteiger partial charge < -0.3 is 4.74 Å². The summed E-state index contributed by atoms with van der Waals surface area (Å²) in [4.78, 5) is 52.1. The average molecular weight is 515 g/mol. The molecule has 174 valence electrons. The highest BCUT2D eigenvalue weighted by molar-refractivity contribution is 9.09. The smallest absolute Gasteiger partial charge is 0.332 e. The minimum absolute atomic E-state index is 0.356. The lowest BCUT2D eigenvalue weighted by Crippen LogP contribution is -2.53. The summed E-state index contributed by atoms with van der Waals surface area (Å²) in [6.45, 7) is 4.69. The second-order valence-electron chi connectivity index (χ2n) is 8.42. The van der Waals surface area contributed by atoms with Crippen molar-refractivity contribution >= 4 is 38.6 Å². The molecule has 1 heterocycles. The first-order valence-corrected chi connectivity index (χ1v) is 11.9. The number of hydrogen-bond acceptors (Lipinski definition) is 5. The van der Waals surface area contributed by atoms with Gasteiger partial charge in [0.05, 0.1) is 10.9 Å². The van der Waals surface area contributed by atoms with Gasteiger partial charge in [0.1, 0.15) is 5.54 Å². The van der Waals surface area contributed by atoms with Crippen molar-refractivity contribution in [1.82, 2.24) is 9.13 Å². The van der Waals surface area contributed by atoms with Crippen LogP contribution in [0, 0.1) is 6.92 Å². The lowest BCUT2D eigenvalue weighted by molar-refractivity contribution is -0.151. The number of aryl methyl sites for hydroxylation is 2. The van der Waals surface area contributed by atoms with Gasteiger partial charge in [-0.15, -0.1) is 0 Å². The molecule has 0 radical (unpaired) electrons. The molecule has 0 aliphatic carbocycles. The fourth-order valence-corrected chi connectivity index (χ4v) is 4.06. The lowest BCUT2D eigenvalue weighted by Gasteiger charge is -2.26. The van der Waals surface area contributed by atoms with E-state index >= 15 is 0 Å². The van der Waals surface area contributed by atoms with Gasteiger partial charge in [0.25, 0.3) is 5.56 Å². The van der Waals surface area contributed by atoms with Crippen LogP contribution in [0.3, 0.4) is 0 Å². The van der Waals surface area contributed by atoms with E-state index in [9.17, 15) is 19.2 Å². The van der Waals surface area contributed by atoms with E-state index in [1.165, 1.54) is 18.4 Å². The van der Waals surface area contributed by atoms with E-state index in [-0.39, 0.29) is 5.78 Å². The molecule has 33 heavy (non-hydrogen) atoms. The van der Waals surface area contributed by atoms with Crippen molar-refractivity contribution in [2.45, 2.75) is 45.7 Å². The van der Waals surface area contributed by atoms with Crippen molar-refractivity contribution in [3.63, 3.8) is 0 Å². The van der Waals surface area contributed by atoms with Crippen LogP contribution in [-0.2, 0) is 21.6 Å². The molecular weight excluding hydrogens is 488 g/mol. The van der Waals surface area contributed by atoms with Crippen LogP contribution in [-0.4, -0.2) is 32.8 Å². The van der Waals surface area contributed by atoms with Gasteiger partial charge in [-0.05, 0) is 45.7 Å². The Kier molecular flexibility index (Phi) is 7.68. The summed E-state index contributed by atoms with van der Waals surface area (Å²) in [6.07, 6.45) is 1.58. The van der Waals surface area contributed by atoms with Crippen molar-refractivity contribution in [2.75, 3.05) is 11.9 Å². The van der Waals surface area contributed by atoms with Crippen LogP contribution in [0.25, 0.3) is 10.9 Å². The number of rotatable bonds is 9. The second kappa shape index (κ2) is 10.3. The molecule has 2 aromatic carbocycles. The Morgan fingerprint density at radius 3 is 2.39 bits per heavy atom. The molecule has 7 nitrogen and oxygen atoms in total. The summed E-state index contributed by atoms with van der Waals surface area (Å²) in [5.41, 5.74) is -0.944. The molecule has 1 aromatic heterocycles. The Balaban J connectivity index is 2.01. The normalized spacial score (nSPS) is 11.5. The summed E-state index contributed by atoms with van der Waals surface area (Å²) >= 11 is 3.39. The topological polar surface area (TPSA) is 87.4 Å². The van der Waals surface area contributed by atoms with E-state index in [1.807, 2.05) is 13.0 Å². The van der Waals surface area contributed by atoms with E-state index < -0.39 is 29.4 Å². The predicted molar refractivity (Wildman–Crippen MR) is 131 cm³/mol. The van der Waals surface area contributed by atoms with Crippen LogP contribution >= 0.6 is 15.9 Å². The average Bonchev–Trinajstić information content (AvgIpc) is 2.80. The van der Waals surface area contributed by atoms with Gasteiger partial charge in [0.15, 0.2) is 12.4 Å². The molecule has 0 fully saturated rings. The number of aromatic nitrogens is 2. The number of unbranched alkanes of at least 4 members (excludes halogenated alkanes) is 1. The number of halogens is 1. The van der Waals surface area contributed by atoms with Crippen LogP contribution in [0.1, 0.15) is 42.6 Å². The SMILES string of the molecule is Cc1ccc2c(c1)c(=O)n(C(C)(C)C(=O)OCC(=O)c1ccccc1)c(=O)n2CCCCBr. The molecule has 0 saturated carbocycles. The van der Waals surface area contributed by atoms with Crippen LogP contribution in [0.4, 0.5) is 0 Å². The first-order valence-electron chi connectivity index (χ1n) is 10.8. The van der Waals surface area contributed by atoms with Crippen molar-refractivity contribution < 1.29 is 14.3 Å². The molecule has 8 heteroatoms. The first-order chi connectivity index (χ1) is 15.7. The quantitative estimate of drug-likeness (QED) is 0.187. The third-order valence-electron chi connectivity index (χ3n) is 5.55. The third-order valence-corrected chi connectivity index (χ3v) is 6.11. The van der Waals surface area contributed by atoms with Crippen LogP contribution < -0.4 is 11.2 Å². The largest absolute Gasteiger partial charge is 0.456 e. The van der Waals surface area contributed by atoms with E-state index in [0.717, 1.165) is 28.3 Å². The minimum atomic E-state index is -1.61. The Hall–Kier alpha value is -3.00. The van der Waals surface area contributed by atoms with Crippen LogP contribution in [0.2, 0.25) is 0 Å². The van der Waals surface area contributed by atoms with Gasteiger partial charge in [-0.2, -0.15) is 0 Å². The summed E-state index contributed by atoms with van der Waals surface area (Å²) in [5.74, 6) is -1.20. The number of Topliss-reactive ketones (excluding diaryl/α,β-unsaturated/α-hetero) is 1. The van der Waals surface area contributed by atoms with Gasteiger partial charge in [0, 0.05) is 17.4 Å². The monoisotopic (exact) mass is 514 g/mol. The Labute approximate surface area is 200 Å². The Morgan fingerprint density at radius 2 is 1.73 bits per heavy atom. The molecule has 0 saturated heterocycles. The minimum Gasteiger partial charge on any atom is -0.456 e. The van der Waals surface area contributed by atoms with Gasteiger partial charge in [-0.3, -0.25) is 14.2 Å². The van der Waals surface area contributed by atoms with Gasteiger partial charge in [-0.1, -0.05) is 57.9 Å². The number of ketones is 1. The van der Waals surface area contributed by atoms with E-state index in [1.54, 1.807) is 42.5 Å². The van der Waals surface area contributed by atoms with E-state index in [2.05, 4.69) is 15.9 Å². The molecule has 0 atom stereocenters. The zero-order valence-electron chi connectivity index (χ0n) is 19.0. The number of fused-ring (bicyclic) bond motifs is 1. The number of benzene rings is 2. The first kappa shape index (κ1) is 24.6. The Bertz CT molecular complexity index is 1290. The molecular formula is C25H27BrN2O5. The van der Waals surface area contributed by atoms with E-state index in [0.29, 0.717) is 23.0 Å². The highest BCUT2D eigenvalue weighted by Gasteiger charge is 2.36.